The van der Waals surface area contributed by atoms with Crippen LogP contribution >= 0.6 is 0 Å². The largest absolute Gasteiger partial charge is 0.489 e. The third kappa shape index (κ3) is 4.28. The first-order valence-electron chi connectivity index (χ1n) is 8.97. The first-order chi connectivity index (χ1) is 13.0. The zero-order valence-corrected chi connectivity index (χ0v) is 15.5. The maximum Gasteiger partial charge on any atom is 0.326 e. The first kappa shape index (κ1) is 18.9. The van der Waals surface area contributed by atoms with E-state index in [-0.39, 0.29) is 17.5 Å². The molecule has 1 fully saturated rings. The summed E-state index contributed by atoms with van der Waals surface area (Å²) in [5.41, 5.74) is -0.310. The van der Waals surface area contributed by atoms with Gasteiger partial charge in [0.25, 0.3) is 11.5 Å². The summed E-state index contributed by atoms with van der Waals surface area (Å²) < 4.78 is 5.04. The highest BCUT2D eigenvalue weighted by Gasteiger charge is 2.29. The molecule has 2 N–H and O–H groups in total. The molecular weight excluding hydrogens is 348 g/mol. The number of carbonyl (C=O) groups excluding carboxylic acids is 1. The maximum absolute atomic E-state index is 13.0. The summed E-state index contributed by atoms with van der Waals surface area (Å²) in [6.07, 6.45) is 0.800. The predicted molar refractivity (Wildman–Crippen MR) is 101 cm³/mol. The fourth-order valence-corrected chi connectivity index (χ4v) is 3.37. The van der Waals surface area contributed by atoms with Gasteiger partial charge in [0, 0.05) is 32.2 Å². The number of nitrogens with one attached hydrogen (secondary N) is 2. The number of H-pyrrole nitrogens is 2. The molecule has 0 aliphatic carbocycles. The Balaban J connectivity index is 1.78. The topological polar surface area (TPSA) is 98.5 Å². The van der Waals surface area contributed by atoms with E-state index in [9.17, 15) is 14.4 Å². The number of methoxy groups -OCH3 is 1. The van der Waals surface area contributed by atoms with E-state index in [0.29, 0.717) is 13.1 Å². The minimum atomic E-state index is -0.725. The smallest absolute Gasteiger partial charge is 0.326 e. The fraction of sp³-hybridized carbons (Fsp3) is 0.421. The second-order valence-electron chi connectivity index (χ2n) is 6.71. The SMILES string of the molecule is COc1c(C(=O)N2CCN(Cc3ccccc3)CCC2C)[nH]c(=O)[nH]c1=O. The minimum absolute atomic E-state index is 0.0224. The lowest BCUT2D eigenvalue weighted by molar-refractivity contribution is 0.0690. The molecule has 1 amide bonds. The van der Waals surface area contributed by atoms with Gasteiger partial charge in [0.2, 0.25) is 5.75 Å². The van der Waals surface area contributed by atoms with E-state index >= 15 is 0 Å². The van der Waals surface area contributed by atoms with E-state index < -0.39 is 17.2 Å². The average Bonchev–Trinajstić information content (AvgIpc) is 2.83. The highest BCUT2D eigenvalue weighted by atomic mass is 16.5. The van der Waals surface area contributed by atoms with Crippen molar-refractivity contribution < 1.29 is 9.53 Å². The Kier molecular flexibility index (Phi) is 5.75. The van der Waals surface area contributed by atoms with Crippen molar-refractivity contribution in [1.82, 2.24) is 19.8 Å². The molecule has 3 rings (SSSR count). The number of hydrogen-bond acceptors (Lipinski definition) is 5. The quantitative estimate of drug-likeness (QED) is 0.828. The van der Waals surface area contributed by atoms with Crippen molar-refractivity contribution in [3.8, 4) is 5.75 Å². The summed E-state index contributed by atoms with van der Waals surface area (Å²) in [6, 6.07) is 10.2. The van der Waals surface area contributed by atoms with Crippen molar-refractivity contribution in [2.75, 3.05) is 26.7 Å². The average molecular weight is 372 g/mol. The Hall–Kier alpha value is -2.87. The summed E-state index contributed by atoms with van der Waals surface area (Å²) in [6.45, 7) is 4.87. The van der Waals surface area contributed by atoms with Crippen molar-refractivity contribution in [3.05, 3.63) is 62.4 Å². The van der Waals surface area contributed by atoms with Gasteiger partial charge in [-0.3, -0.25) is 24.5 Å². The molecule has 1 aliphatic rings. The number of amides is 1. The van der Waals surface area contributed by atoms with E-state index in [2.05, 4.69) is 27.0 Å². The zero-order valence-electron chi connectivity index (χ0n) is 15.5. The molecule has 8 nitrogen and oxygen atoms in total. The number of aromatic nitrogens is 2. The third-order valence-electron chi connectivity index (χ3n) is 4.88. The minimum Gasteiger partial charge on any atom is -0.489 e. The molecule has 144 valence electrons. The Morgan fingerprint density at radius 3 is 2.59 bits per heavy atom. The van der Waals surface area contributed by atoms with Crippen LogP contribution in [0.15, 0.2) is 39.9 Å². The van der Waals surface area contributed by atoms with E-state index in [0.717, 1.165) is 19.5 Å². The van der Waals surface area contributed by atoms with Crippen LogP contribution in [0.2, 0.25) is 0 Å². The molecule has 27 heavy (non-hydrogen) atoms. The second-order valence-corrected chi connectivity index (χ2v) is 6.71. The van der Waals surface area contributed by atoms with Crippen LogP contribution in [0.4, 0.5) is 0 Å². The van der Waals surface area contributed by atoms with Crippen LogP contribution in [-0.4, -0.2) is 58.5 Å². The monoisotopic (exact) mass is 372 g/mol. The molecule has 1 unspecified atom stereocenters. The molecule has 0 saturated carbocycles. The van der Waals surface area contributed by atoms with Crippen molar-refractivity contribution in [2.45, 2.75) is 25.9 Å². The van der Waals surface area contributed by atoms with E-state index in [1.165, 1.54) is 12.7 Å². The van der Waals surface area contributed by atoms with E-state index in [4.69, 9.17) is 4.74 Å². The second kappa shape index (κ2) is 8.22. The molecule has 8 heteroatoms. The zero-order chi connectivity index (χ0) is 19.4. The molecule has 1 aromatic heterocycles. The Morgan fingerprint density at radius 1 is 1.15 bits per heavy atom. The number of rotatable bonds is 4. The summed E-state index contributed by atoms with van der Waals surface area (Å²) in [7, 11) is 1.30. The maximum atomic E-state index is 13.0. The van der Waals surface area contributed by atoms with Crippen LogP contribution in [-0.2, 0) is 6.54 Å². The Morgan fingerprint density at radius 2 is 1.89 bits per heavy atom. The standard InChI is InChI=1S/C19H24N4O4/c1-13-8-9-22(12-14-6-4-3-5-7-14)10-11-23(13)18(25)15-16(27-2)17(24)21-19(26)20-15/h3-7,13H,8-12H2,1-2H3,(H2,20,21,24,26). The number of ether oxygens (including phenoxy) is 1. The van der Waals surface area contributed by atoms with Gasteiger partial charge in [-0.2, -0.15) is 0 Å². The molecule has 1 saturated heterocycles. The summed E-state index contributed by atoms with van der Waals surface area (Å²) >= 11 is 0. The van der Waals surface area contributed by atoms with Gasteiger partial charge in [0.1, 0.15) is 0 Å². The number of aromatic amines is 2. The van der Waals surface area contributed by atoms with Gasteiger partial charge >= 0.3 is 5.69 Å². The lowest BCUT2D eigenvalue weighted by Gasteiger charge is -2.27. The van der Waals surface area contributed by atoms with Crippen LogP contribution < -0.4 is 16.0 Å². The Labute approximate surface area is 156 Å². The molecule has 2 heterocycles. The predicted octanol–water partition coefficient (Wildman–Crippen LogP) is 0.808. The molecule has 2 aromatic rings. The van der Waals surface area contributed by atoms with Crippen molar-refractivity contribution in [3.63, 3.8) is 0 Å². The third-order valence-corrected chi connectivity index (χ3v) is 4.88. The summed E-state index contributed by atoms with van der Waals surface area (Å²) in [5, 5.41) is 0. The van der Waals surface area contributed by atoms with Crippen molar-refractivity contribution in [1.29, 1.82) is 0 Å². The number of carbonyl (C=O) groups is 1. The summed E-state index contributed by atoms with van der Waals surface area (Å²) in [5.74, 6) is -0.568. The van der Waals surface area contributed by atoms with Gasteiger partial charge in [-0.15, -0.1) is 0 Å². The molecule has 1 aromatic carbocycles. The highest BCUT2D eigenvalue weighted by Crippen LogP contribution is 2.18. The molecule has 1 aliphatic heterocycles. The highest BCUT2D eigenvalue weighted by molar-refractivity contribution is 5.95. The first-order valence-corrected chi connectivity index (χ1v) is 8.97. The number of nitrogens with zero attached hydrogens (tertiary/aromatic N) is 2. The van der Waals surface area contributed by atoms with Gasteiger partial charge in [0.15, 0.2) is 5.69 Å². The van der Waals surface area contributed by atoms with E-state index in [1.54, 1.807) is 4.90 Å². The van der Waals surface area contributed by atoms with Crippen molar-refractivity contribution >= 4 is 5.91 Å². The normalized spacial score (nSPS) is 18.1. The van der Waals surface area contributed by atoms with Crippen LogP contribution in [0.1, 0.15) is 29.4 Å². The summed E-state index contributed by atoms with van der Waals surface area (Å²) in [4.78, 5) is 45.0. The van der Waals surface area contributed by atoms with Crippen LogP contribution in [0.25, 0.3) is 0 Å². The fourth-order valence-electron chi connectivity index (χ4n) is 3.37. The molecule has 0 spiro atoms. The Bertz CT molecular complexity index is 906. The van der Waals surface area contributed by atoms with Gasteiger partial charge in [-0.1, -0.05) is 30.3 Å². The number of benzene rings is 1. The van der Waals surface area contributed by atoms with Gasteiger partial charge in [0.05, 0.1) is 7.11 Å². The molecule has 1 atom stereocenters. The lowest BCUT2D eigenvalue weighted by Crippen LogP contribution is -2.42. The van der Waals surface area contributed by atoms with Crippen LogP contribution in [0.3, 0.4) is 0 Å². The molecule has 0 bridgehead atoms. The lowest BCUT2D eigenvalue weighted by atomic mass is 10.2. The molecule has 0 radical (unpaired) electrons. The van der Waals surface area contributed by atoms with Crippen LogP contribution in [0.5, 0.6) is 5.75 Å². The van der Waals surface area contributed by atoms with Gasteiger partial charge < -0.3 is 9.64 Å². The van der Waals surface area contributed by atoms with Gasteiger partial charge in [-0.05, 0) is 18.9 Å². The number of hydrogen-bond donors (Lipinski definition) is 2. The molecular formula is C19H24N4O4. The van der Waals surface area contributed by atoms with Crippen molar-refractivity contribution in [2.24, 2.45) is 0 Å². The van der Waals surface area contributed by atoms with Gasteiger partial charge in [-0.25, -0.2) is 4.79 Å². The van der Waals surface area contributed by atoms with E-state index in [1.807, 2.05) is 25.1 Å². The van der Waals surface area contributed by atoms with Crippen LogP contribution in [0, 0.1) is 0 Å².